The standard InChI is InChI=1S/C9H13N.C9H20/c1-7-3-5-9(6-4-7)8(2)10;1-4-7-9(6-3)8-5-2/h3-6,8H,10H2,1-2H3;9H,4-8H2,1-3H3. The van der Waals surface area contributed by atoms with Crippen molar-refractivity contribution < 1.29 is 0 Å². The number of rotatable bonds is 6. The van der Waals surface area contributed by atoms with Gasteiger partial charge in [0, 0.05) is 6.04 Å². The van der Waals surface area contributed by atoms with Crippen LogP contribution in [0.5, 0.6) is 0 Å². The van der Waals surface area contributed by atoms with Gasteiger partial charge in [0.15, 0.2) is 0 Å². The first-order valence-electron chi connectivity index (χ1n) is 7.87. The van der Waals surface area contributed by atoms with E-state index in [1.807, 2.05) is 6.92 Å². The maximum atomic E-state index is 5.66. The molecule has 0 aromatic heterocycles. The van der Waals surface area contributed by atoms with Gasteiger partial charge in [-0.25, -0.2) is 0 Å². The molecular formula is C18H33N. The molecule has 0 bridgehead atoms. The van der Waals surface area contributed by atoms with Crippen molar-refractivity contribution in [3.63, 3.8) is 0 Å². The molecule has 110 valence electrons. The van der Waals surface area contributed by atoms with Crippen LogP contribution < -0.4 is 5.73 Å². The van der Waals surface area contributed by atoms with Crippen LogP contribution in [0.4, 0.5) is 0 Å². The molecule has 0 amide bonds. The van der Waals surface area contributed by atoms with E-state index >= 15 is 0 Å². The lowest BCUT2D eigenvalue weighted by atomic mass is 9.96. The molecule has 1 rings (SSSR count). The molecule has 0 saturated carbocycles. The zero-order valence-electron chi connectivity index (χ0n) is 13.6. The lowest BCUT2D eigenvalue weighted by Crippen LogP contribution is -2.04. The minimum absolute atomic E-state index is 0.153. The molecule has 0 radical (unpaired) electrons. The van der Waals surface area contributed by atoms with Crippen molar-refractivity contribution in [2.24, 2.45) is 11.7 Å². The molecule has 0 fully saturated rings. The quantitative estimate of drug-likeness (QED) is 0.707. The summed E-state index contributed by atoms with van der Waals surface area (Å²) >= 11 is 0. The van der Waals surface area contributed by atoms with Gasteiger partial charge in [-0.05, 0) is 25.3 Å². The summed E-state index contributed by atoms with van der Waals surface area (Å²) in [5.74, 6) is 1.01. The Morgan fingerprint density at radius 3 is 1.74 bits per heavy atom. The van der Waals surface area contributed by atoms with Gasteiger partial charge in [0.2, 0.25) is 0 Å². The van der Waals surface area contributed by atoms with Gasteiger partial charge in [-0.1, -0.05) is 82.7 Å². The van der Waals surface area contributed by atoms with Crippen molar-refractivity contribution in [2.75, 3.05) is 0 Å². The van der Waals surface area contributed by atoms with Gasteiger partial charge < -0.3 is 5.73 Å². The van der Waals surface area contributed by atoms with Gasteiger partial charge in [-0.15, -0.1) is 0 Å². The monoisotopic (exact) mass is 263 g/mol. The minimum Gasteiger partial charge on any atom is -0.324 e. The van der Waals surface area contributed by atoms with Gasteiger partial charge in [0.25, 0.3) is 0 Å². The van der Waals surface area contributed by atoms with Crippen LogP contribution in [0.25, 0.3) is 0 Å². The highest BCUT2D eigenvalue weighted by Gasteiger charge is 2.01. The van der Waals surface area contributed by atoms with E-state index in [4.69, 9.17) is 5.73 Å². The summed E-state index contributed by atoms with van der Waals surface area (Å²) in [6.07, 6.45) is 6.97. The average Bonchev–Trinajstić information content (AvgIpc) is 2.39. The highest BCUT2D eigenvalue weighted by molar-refractivity contribution is 5.23. The number of hydrogen-bond acceptors (Lipinski definition) is 1. The van der Waals surface area contributed by atoms with E-state index in [1.165, 1.54) is 43.2 Å². The Balaban J connectivity index is 0.000000344. The van der Waals surface area contributed by atoms with Gasteiger partial charge >= 0.3 is 0 Å². The number of aryl methyl sites for hydroxylation is 1. The van der Waals surface area contributed by atoms with E-state index in [0.717, 1.165) is 5.92 Å². The van der Waals surface area contributed by atoms with Crippen molar-refractivity contribution in [2.45, 2.75) is 72.8 Å². The molecule has 1 aromatic carbocycles. The SMILES string of the molecule is CCCC(CC)CCC.Cc1ccc(C(C)N)cc1. The van der Waals surface area contributed by atoms with E-state index in [9.17, 15) is 0 Å². The van der Waals surface area contributed by atoms with Crippen LogP contribution in [-0.2, 0) is 0 Å². The Morgan fingerprint density at radius 1 is 0.947 bits per heavy atom. The Morgan fingerprint density at radius 2 is 1.42 bits per heavy atom. The largest absolute Gasteiger partial charge is 0.324 e. The molecule has 1 nitrogen and oxygen atoms in total. The highest BCUT2D eigenvalue weighted by atomic mass is 14.6. The third-order valence-electron chi connectivity index (χ3n) is 3.57. The molecule has 1 atom stereocenters. The Labute approximate surface area is 120 Å². The zero-order chi connectivity index (χ0) is 14.7. The van der Waals surface area contributed by atoms with E-state index in [1.54, 1.807) is 0 Å². The highest BCUT2D eigenvalue weighted by Crippen LogP contribution is 2.16. The second kappa shape index (κ2) is 11.0. The second-order valence-electron chi connectivity index (χ2n) is 5.55. The van der Waals surface area contributed by atoms with E-state index in [-0.39, 0.29) is 6.04 Å². The van der Waals surface area contributed by atoms with Gasteiger partial charge in [-0.2, -0.15) is 0 Å². The maximum absolute atomic E-state index is 5.66. The first kappa shape index (κ1) is 18.2. The second-order valence-corrected chi connectivity index (χ2v) is 5.55. The molecule has 1 heteroatoms. The molecule has 0 heterocycles. The van der Waals surface area contributed by atoms with Crippen LogP contribution in [0.3, 0.4) is 0 Å². The summed E-state index contributed by atoms with van der Waals surface area (Å²) in [4.78, 5) is 0. The predicted molar refractivity (Wildman–Crippen MR) is 87.4 cm³/mol. The van der Waals surface area contributed by atoms with Crippen LogP contribution in [0.15, 0.2) is 24.3 Å². The lowest BCUT2D eigenvalue weighted by Gasteiger charge is -2.10. The van der Waals surface area contributed by atoms with Crippen LogP contribution in [0, 0.1) is 12.8 Å². The Hall–Kier alpha value is -0.820. The molecular weight excluding hydrogens is 230 g/mol. The van der Waals surface area contributed by atoms with E-state index in [2.05, 4.69) is 52.0 Å². The van der Waals surface area contributed by atoms with Crippen molar-refractivity contribution in [3.8, 4) is 0 Å². The molecule has 1 aromatic rings. The molecule has 0 saturated heterocycles. The fourth-order valence-electron chi connectivity index (χ4n) is 2.24. The summed E-state index contributed by atoms with van der Waals surface area (Å²) in [7, 11) is 0. The fraction of sp³-hybridized carbons (Fsp3) is 0.667. The molecule has 0 aliphatic rings. The smallest absolute Gasteiger partial charge is 0.0266 e. The summed E-state index contributed by atoms with van der Waals surface area (Å²) in [6.45, 7) is 10.9. The van der Waals surface area contributed by atoms with Crippen molar-refractivity contribution in [1.82, 2.24) is 0 Å². The Bertz CT molecular complexity index is 294. The van der Waals surface area contributed by atoms with Crippen LogP contribution in [0.2, 0.25) is 0 Å². The fourth-order valence-corrected chi connectivity index (χ4v) is 2.24. The summed E-state index contributed by atoms with van der Waals surface area (Å²) in [5.41, 5.74) is 8.15. The third kappa shape index (κ3) is 8.83. The lowest BCUT2D eigenvalue weighted by molar-refractivity contribution is 0.427. The molecule has 0 aliphatic heterocycles. The first-order chi connectivity index (χ1) is 9.04. The van der Waals surface area contributed by atoms with Crippen LogP contribution in [-0.4, -0.2) is 0 Å². The number of hydrogen-bond donors (Lipinski definition) is 1. The van der Waals surface area contributed by atoms with Crippen LogP contribution in [0.1, 0.15) is 77.0 Å². The molecule has 0 spiro atoms. The average molecular weight is 263 g/mol. The summed E-state index contributed by atoms with van der Waals surface area (Å²) in [6, 6.07) is 8.46. The number of nitrogens with two attached hydrogens (primary N) is 1. The topological polar surface area (TPSA) is 26.0 Å². The minimum atomic E-state index is 0.153. The first-order valence-corrected chi connectivity index (χ1v) is 7.87. The normalized spacial score (nSPS) is 11.9. The number of benzene rings is 1. The Kier molecular flexibility index (Phi) is 10.6. The van der Waals surface area contributed by atoms with Crippen molar-refractivity contribution in [3.05, 3.63) is 35.4 Å². The maximum Gasteiger partial charge on any atom is 0.0266 e. The predicted octanol–water partition coefficient (Wildman–Crippen LogP) is 5.63. The summed E-state index contributed by atoms with van der Waals surface area (Å²) < 4.78 is 0. The zero-order valence-corrected chi connectivity index (χ0v) is 13.6. The van der Waals surface area contributed by atoms with Gasteiger partial charge in [0.1, 0.15) is 0 Å². The van der Waals surface area contributed by atoms with Gasteiger partial charge in [0.05, 0.1) is 0 Å². The van der Waals surface area contributed by atoms with Crippen LogP contribution >= 0.6 is 0 Å². The molecule has 1 unspecified atom stereocenters. The molecule has 0 aliphatic carbocycles. The van der Waals surface area contributed by atoms with Crippen molar-refractivity contribution in [1.29, 1.82) is 0 Å². The molecule has 2 N–H and O–H groups in total. The van der Waals surface area contributed by atoms with E-state index < -0.39 is 0 Å². The molecule has 19 heavy (non-hydrogen) atoms. The summed E-state index contributed by atoms with van der Waals surface area (Å²) in [5, 5.41) is 0. The van der Waals surface area contributed by atoms with Crippen molar-refractivity contribution >= 4 is 0 Å². The van der Waals surface area contributed by atoms with Gasteiger partial charge in [-0.3, -0.25) is 0 Å². The van der Waals surface area contributed by atoms with E-state index in [0.29, 0.717) is 0 Å². The third-order valence-corrected chi connectivity index (χ3v) is 3.57.